The lowest BCUT2D eigenvalue weighted by molar-refractivity contribution is -0.142. The van der Waals surface area contributed by atoms with E-state index in [1.807, 2.05) is 0 Å². The third kappa shape index (κ3) is 12.9. The third-order valence-corrected chi connectivity index (χ3v) is 10.1. The van der Waals surface area contributed by atoms with Gasteiger partial charge in [-0.3, -0.25) is 18.8 Å². The molecule has 0 unspecified atom stereocenters. The van der Waals surface area contributed by atoms with Crippen molar-refractivity contribution in [1.82, 2.24) is 29.3 Å². The summed E-state index contributed by atoms with van der Waals surface area (Å²) in [6, 6.07) is 23.0. The zero-order valence-corrected chi connectivity index (χ0v) is 37.0. The first-order chi connectivity index (χ1) is 33.6. The summed E-state index contributed by atoms with van der Waals surface area (Å²) in [5, 5.41) is 15.3. The molecule has 8 rings (SSSR count). The molecule has 378 valence electrons. The van der Waals surface area contributed by atoms with Crippen LogP contribution in [0.4, 0.5) is 82.9 Å². The number of carbonyl (C=O) groups excluding carboxylic acids is 1. The minimum absolute atomic E-state index is 0.134. The van der Waals surface area contributed by atoms with E-state index >= 15 is 0 Å². The predicted molar refractivity (Wildman–Crippen MR) is 233 cm³/mol. The Kier molecular flexibility index (Phi) is 15.5. The monoisotopic (exact) mass is 1030 g/mol. The van der Waals surface area contributed by atoms with Crippen molar-refractivity contribution in [3.63, 3.8) is 0 Å². The van der Waals surface area contributed by atoms with Gasteiger partial charge in [0.1, 0.15) is 40.5 Å². The van der Waals surface area contributed by atoms with Crippen LogP contribution in [-0.4, -0.2) is 35.2 Å². The summed E-state index contributed by atoms with van der Waals surface area (Å²) in [6.45, 7) is -0.221. The van der Waals surface area contributed by atoms with E-state index in [0.717, 1.165) is 27.6 Å². The number of aromatic nitrogens is 6. The zero-order chi connectivity index (χ0) is 53.0. The molecule has 0 radical (unpaired) electrons. The molecule has 4 N–H and O–H groups in total. The van der Waals surface area contributed by atoms with E-state index in [9.17, 15) is 70.7 Å². The Morgan fingerprint density at radius 2 is 0.806 bits per heavy atom. The molecule has 3 heterocycles. The maximum Gasteiger partial charge on any atom is 0.435 e. The SMILES string of the molecule is Cn1nc(C(F)(F)F)cc1-c1ccc(N)cc1.Cn1nc(C(F)(F)F)cc1-c1ccc(NC(=O)c2c(F)cc(F)cc2F)cc1.Cn1nc(C(F)(F)F)cc1-c1ccc(NCc2c(F)cc(F)cc2F)cc1. The van der Waals surface area contributed by atoms with Crippen molar-refractivity contribution < 1.29 is 70.7 Å². The molecule has 5 aromatic carbocycles. The molecule has 72 heavy (non-hydrogen) atoms. The summed E-state index contributed by atoms with van der Waals surface area (Å²) in [6.07, 6.45) is -13.6. The second-order valence-corrected chi connectivity index (χ2v) is 15.3. The lowest BCUT2D eigenvalue weighted by atomic mass is 10.1. The lowest BCUT2D eigenvalue weighted by Crippen LogP contribution is -2.16. The fourth-order valence-electron chi connectivity index (χ4n) is 6.65. The van der Waals surface area contributed by atoms with Gasteiger partial charge in [0.15, 0.2) is 17.1 Å². The molecule has 0 aliphatic rings. The van der Waals surface area contributed by atoms with Gasteiger partial charge in [-0.2, -0.15) is 54.8 Å². The second-order valence-electron chi connectivity index (χ2n) is 15.3. The van der Waals surface area contributed by atoms with Gasteiger partial charge in [0.2, 0.25) is 0 Å². The van der Waals surface area contributed by atoms with Crippen LogP contribution in [0.15, 0.2) is 115 Å². The minimum atomic E-state index is -4.59. The summed E-state index contributed by atoms with van der Waals surface area (Å²) in [5.74, 6) is -8.04. The van der Waals surface area contributed by atoms with Crippen molar-refractivity contribution in [3.05, 3.63) is 178 Å². The van der Waals surface area contributed by atoms with Gasteiger partial charge in [-0.15, -0.1) is 0 Å². The number of carbonyl (C=O) groups is 1. The van der Waals surface area contributed by atoms with Crippen LogP contribution in [0, 0.1) is 34.9 Å². The van der Waals surface area contributed by atoms with Crippen molar-refractivity contribution in [2.75, 3.05) is 16.4 Å². The first kappa shape index (κ1) is 53.1. The van der Waals surface area contributed by atoms with Crippen molar-refractivity contribution in [3.8, 4) is 33.8 Å². The smallest absolute Gasteiger partial charge is 0.399 e. The van der Waals surface area contributed by atoms with E-state index in [1.165, 1.54) is 50.1 Å². The van der Waals surface area contributed by atoms with Crippen LogP contribution in [0.25, 0.3) is 33.8 Å². The summed E-state index contributed by atoms with van der Waals surface area (Å²) in [4.78, 5) is 12.0. The van der Waals surface area contributed by atoms with E-state index in [-0.39, 0.29) is 29.2 Å². The Balaban J connectivity index is 0.000000182. The number of benzene rings is 5. The van der Waals surface area contributed by atoms with Gasteiger partial charge in [-0.25, -0.2) is 26.3 Å². The molecule has 0 spiro atoms. The predicted octanol–water partition coefficient (Wildman–Crippen LogP) is 12.6. The maximum absolute atomic E-state index is 13.7. The van der Waals surface area contributed by atoms with Crippen molar-refractivity contribution in [2.24, 2.45) is 21.1 Å². The maximum atomic E-state index is 13.7. The molecule has 0 saturated heterocycles. The lowest BCUT2D eigenvalue weighted by Gasteiger charge is -2.10. The van der Waals surface area contributed by atoms with Crippen LogP contribution in [-0.2, 0) is 46.2 Å². The normalized spacial score (nSPS) is 11.6. The van der Waals surface area contributed by atoms with E-state index < -0.39 is 82.0 Å². The highest BCUT2D eigenvalue weighted by atomic mass is 19.4. The van der Waals surface area contributed by atoms with Crippen molar-refractivity contribution in [1.29, 1.82) is 0 Å². The number of alkyl halides is 9. The summed E-state index contributed by atoms with van der Waals surface area (Å²) >= 11 is 0. The third-order valence-electron chi connectivity index (χ3n) is 10.1. The average Bonchev–Trinajstić information content (AvgIpc) is 4.00. The highest BCUT2D eigenvalue weighted by Gasteiger charge is 2.36. The number of nitrogens with one attached hydrogen (secondary N) is 2. The molecular formula is C47H34F15N9O. The average molecular weight is 1030 g/mol. The summed E-state index contributed by atoms with van der Waals surface area (Å²) in [7, 11) is 4.22. The van der Waals surface area contributed by atoms with Crippen LogP contribution in [0.2, 0.25) is 0 Å². The molecule has 3 aromatic heterocycles. The minimum Gasteiger partial charge on any atom is -0.399 e. The number of nitrogens with two attached hydrogens (primary N) is 1. The summed E-state index contributed by atoms with van der Waals surface area (Å²) in [5.41, 5.74) is 4.85. The van der Waals surface area contributed by atoms with Crippen LogP contribution in [0.1, 0.15) is 33.0 Å². The molecule has 8 aromatic rings. The second kappa shape index (κ2) is 21.0. The number of aryl methyl sites for hydroxylation is 3. The quantitative estimate of drug-likeness (QED) is 0.103. The van der Waals surface area contributed by atoms with Crippen molar-refractivity contribution >= 4 is 23.0 Å². The number of halogens is 15. The first-order valence-electron chi connectivity index (χ1n) is 20.3. The number of rotatable bonds is 8. The largest absolute Gasteiger partial charge is 0.435 e. The van der Waals surface area contributed by atoms with Gasteiger partial charge in [0.25, 0.3) is 5.91 Å². The fraction of sp³-hybridized carbons (Fsp3) is 0.149. The zero-order valence-electron chi connectivity index (χ0n) is 37.0. The van der Waals surface area contributed by atoms with Crippen LogP contribution in [0.5, 0.6) is 0 Å². The van der Waals surface area contributed by atoms with Gasteiger partial charge in [0.05, 0.1) is 17.1 Å². The fourth-order valence-corrected chi connectivity index (χ4v) is 6.65. The topological polar surface area (TPSA) is 121 Å². The van der Waals surface area contributed by atoms with E-state index in [1.54, 1.807) is 48.5 Å². The standard InChI is InChI=1S/C18H11F6N3O.C18H13F6N3.C11H10F3N3/c1-27-14(8-15(26-27)18(22,23)24)9-2-4-11(5-3-9)25-17(28)16-12(20)6-10(19)7-13(16)21;1-27-16(8-17(26-27)18(22,23)24)10-2-4-12(5-3-10)25-9-13-14(20)6-11(19)7-15(13)21;1-17-9(6-10(16-17)11(12,13)14)7-2-4-8(15)5-3-7/h2-8H,1H3,(H,25,28);2-8,25H,9H2,1H3;2-6H,15H2,1H3. The van der Waals surface area contributed by atoms with Crippen LogP contribution < -0.4 is 16.4 Å². The molecule has 1 amide bonds. The number of hydrogen-bond acceptors (Lipinski definition) is 6. The molecule has 0 aliphatic heterocycles. The molecule has 0 aliphatic carbocycles. The Morgan fingerprint density at radius 3 is 1.14 bits per heavy atom. The highest BCUT2D eigenvalue weighted by molar-refractivity contribution is 6.04. The van der Waals surface area contributed by atoms with Crippen LogP contribution >= 0.6 is 0 Å². The summed E-state index contributed by atoms with van der Waals surface area (Å²) < 4.78 is 198. The number of anilines is 3. The Morgan fingerprint density at radius 1 is 0.486 bits per heavy atom. The molecule has 0 atom stereocenters. The first-order valence-corrected chi connectivity index (χ1v) is 20.3. The molecule has 10 nitrogen and oxygen atoms in total. The van der Waals surface area contributed by atoms with Gasteiger partial charge in [0, 0.05) is 74.6 Å². The molecule has 0 fully saturated rings. The Bertz CT molecular complexity index is 3150. The van der Waals surface area contributed by atoms with Gasteiger partial charge < -0.3 is 16.4 Å². The molecular weight excluding hydrogens is 992 g/mol. The van der Waals surface area contributed by atoms with Gasteiger partial charge >= 0.3 is 18.5 Å². The van der Waals surface area contributed by atoms with Crippen LogP contribution in [0.3, 0.4) is 0 Å². The van der Waals surface area contributed by atoms with E-state index in [4.69, 9.17) is 5.73 Å². The number of nitrogens with zero attached hydrogens (tertiary/aromatic N) is 6. The van der Waals surface area contributed by atoms with E-state index in [0.29, 0.717) is 58.0 Å². The van der Waals surface area contributed by atoms with Gasteiger partial charge in [-0.1, -0.05) is 36.4 Å². The number of nitrogen functional groups attached to an aromatic ring is 1. The Hall–Kier alpha value is -8.25. The number of amides is 1. The molecule has 0 bridgehead atoms. The van der Waals surface area contributed by atoms with Crippen molar-refractivity contribution in [2.45, 2.75) is 25.1 Å². The highest BCUT2D eigenvalue weighted by Crippen LogP contribution is 2.34. The molecule has 0 saturated carbocycles. The number of hydrogen-bond donors (Lipinski definition) is 3. The molecule has 25 heteroatoms. The Labute approximate surface area is 397 Å². The van der Waals surface area contributed by atoms with E-state index in [2.05, 4.69) is 25.9 Å². The van der Waals surface area contributed by atoms with Gasteiger partial charge in [-0.05, 0) is 71.3 Å².